The van der Waals surface area contributed by atoms with Crippen LogP contribution >= 0.6 is 11.8 Å². The van der Waals surface area contributed by atoms with Gasteiger partial charge in [-0.15, -0.1) is 0 Å². The fourth-order valence-corrected chi connectivity index (χ4v) is 5.03. The lowest BCUT2D eigenvalue weighted by Crippen LogP contribution is -2.60. The second-order valence-electron chi connectivity index (χ2n) is 11.5. The van der Waals surface area contributed by atoms with Crippen molar-refractivity contribution in [3.05, 3.63) is 65.2 Å². The van der Waals surface area contributed by atoms with Gasteiger partial charge in [-0.3, -0.25) is 9.59 Å². The first-order valence-electron chi connectivity index (χ1n) is 13.4. The highest BCUT2D eigenvalue weighted by Gasteiger charge is 2.39. The molecule has 0 radical (unpaired) electrons. The molecule has 2 aromatic rings. The van der Waals surface area contributed by atoms with Gasteiger partial charge in [0.2, 0.25) is 11.8 Å². The van der Waals surface area contributed by atoms with Crippen LogP contribution in [0.1, 0.15) is 70.2 Å². The molecule has 8 nitrogen and oxygen atoms in total. The lowest BCUT2D eigenvalue weighted by atomic mass is 9.87. The number of benzene rings is 2. The van der Waals surface area contributed by atoms with Crippen LogP contribution < -0.4 is 21.7 Å². The van der Waals surface area contributed by atoms with Crippen molar-refractivity contribution in [2.75, 3.05) is 12.0 Å². The van der Waals surface area contributed by atoms with E-state index in [1.807, 2.05) is 44.4 Å². The molecule has 1 aliphatic carbocycles. The Kier molecular flexibility index (Phi) is 9.93. The molecule has 5 N–H and O–H groups in total. The highest BCUT2D eigenvalue weighted by Crippen LogP contribution is 2.30. The molecule has 39 heavy (non-hydrogen) atoms. The van der Waals surface area contributed by atoms with Gasteiger partial charge in [0.1, 0.15) is 17.7 Å². The fraction of sp³-hybridized carbons (Fsp3) is 0.500. The molecule has 1 aliphatic rings. The molecule has 3 atom stereocenters. The third kappa shape index (κ3) is 8.65. The number of thioether (sulfide) groups is 1. The van der Waals surface area contributed by atoms with Crippen LogP contribution in [0, 0.1) is 0 Å². The molecule has 0 saturated heterocycles. The summed E-state index contributed by atoms with van der Waals surface area (Å²) in [7, 11) is 0. The summed E-state index contributed by atoms with van der Waals surface area (Å²) in [6.45, 7) is 9.02. The Balaban J connectivity index is 1.85. The van der Waals surface area contributed by atoms with Crippen molar-refractivity contribution in [3.8, 4) is 0 Å². The molecule has 0 aliphatic heterocycles. The molecular weight excluding hydrogens is 512 g/mol. The van der Waals surface area contributed by atoms with Crippen molar-refractivity contribution in [2.45, 2.75) is 88.8 Å². The molecule has 0 fully saturated rings. The Bertz CT molecular complexity index is 1160. The van der Waals surface area contributed by atoms with Crippen LogP contribution in [-0.4, -0.2) is 46.6 Å². The number of alkyl carbamates (subject to hydrolysis) is 1. The van der Waals surface area contributed by atoms with E-state index in [1.165, 1.54) is 17.3 Å². The molecule has 9 heteroatoms. The van der Waals surface area contributed by atoms with Gasteiger partial charge in [-0.05, 0) is 89.0 Å². The number of hydrogen-bond acceptors (Lipinski definition) is 6. The average Bonchev–Trinajstić information content (AvgIpc) is 2.87. The number of carbonyl (C=O) groups excluding carboxylic acids is 3. The molecule has 3 amide bonds. The van der Waals surface area contributed by atoms with Crippen molar-refractivity contribution in [1.82, 2.24) is 16.0 Å². The molecule has 212 valence electrons. The lowest BCUT2D eigenvalue weighted by Gasteiger charge is -2.34. The Morgan fingerprint density at radius 2 is 1.67 bits per heavy atom. The summed E-state index contributed by atoms with van der Waals surface area (Å²) in [6.07, 6.45) is 4.23. The number of ether oxygens (including phenoxy) is 1. The quantitative estimate of drug-likeness (QED) is 0.338. The molecule has 3 rings (SSSR count). The number of nitrogen functional groups attached to an aromatic ring is 1. The number of nitrogens with two attached hydrogens (primary N) is 1. The van der Waals surface area contributed by atoms with Gasteiger partial charge in [0.05, 0.1) is 6.04 Å². The monoisotopic (exact) mass is 554 g/mol. The minimum Gasteiger partial charge on any atom is -0.444 e. The van der Waals surface area contributed by atoms with Gasteiger partial charge in [-0.2, -0.15) is 11.8 Å². The predicted octanol–water partition coefficient (Wildman–Crippen LogP) is 4.52. The largest absolute Gasteiger partial charge is 0.444 e. The van der Waals surface area contributed by atoms with Crippen molar-refractivity contribution < 1.29 is 19.1 Å². The van der Waals surface area contributed by atoms with E-state index in [0.717, 1.165) is 30.4 Å². The Labute approximate surface area is 236 Å². The molecule has 0 aromatic heterocycles. The van der Waals surface area contributed by atoms with E-state index in [9.17, 15) is 14.4 Å². The van der Waals surface area contributed by atoms with E-state index in [2.05, 4.69) is 28.1 Å². The van der Waals surface area contributed by atoms with Gasteiger partial charge in [0.15, 0.2) is 0 Å². The number of aryl methyl sites for hydroxylation is 1. The second kappa shape index (κ2) is 12.8. The smallest absolute Gasteiger partial charge is 0.408 e. The van der Waals surface area contributed by atoms with Gasteiger partial charge in [0.25, 0.3) is 0 Å². The molecule has 0 spiro atoms. The summed E-state index contributed by atoms with van der Waals surface area (Å²) in [4.78, 5) is 40.1. The first kappa shape index (κ1) is 30.3. The summed E-state index contributed by atoms with van der Waals surface area (Å²) in [5.41, 5.74) is 8.96. The molecule has 0 saturated carbocycles. The number of nitrogens with one attached hydrogen (secondary N) is 3. The fourth-order valence-electron chi connectivity index (χ4n) is 4.63. The summed E-state index contributed by atoms with van der Waals surface area (Å²) in [5.74, 6) is -0.736. The Hall–Kier alpha value is -3.20. The molecule has 0 heterocycles. The van der Waals surface area contributed by atoms with Gasteiger partial charge < -0.3 is 26.4 Å². The normalized spacial score (nSPS) is 16.8. The van der Waals surface area contributed by atoms with Gasteiger partial charge in [-0.1, -0.05) is 36.4 Å². The van der Waals surface area contributed by atoms with Gasteiger partial charge >= 0.3 is 6.09 Å². The molecule has 2 unspecified atom stereocenters. The molecular formula is C30H42N4O4S. The zero-order chi connectivity index (χ0) is 28.8. The van der Waals surface area contributed by atoms with Crippen LogP contribution in [0.3, 0.4) is 0 Å². The topological polar surface area (TPSA) is 123 Å². The minimum atomic E-state index is -0.945. The highest BCUT2D eigenvalue weighted by molar-refractivity contribution is 8.00. The molecule has 2 aromatic carbocycles. The number of rotatable bonds is 9. The van der Waals surface area contributed by atoms with E-state index in [0.29, 0.717) is 5.69 Å². The third-order valence-corrected chi connectivity index (χ3v) is 8.17. The van der Waals surface area contributed by atoms with Crippen molar-refractivity contribution >= 4 is 35.4 Å². The molecule has 0 bridgehead atoms. The van der Waals surface area contributed by atoms with E-state index in [4.69, 9.17) is 10.5 Å². The zero-order valence-electron chi connectivity index (χ0n) is 23.8. The highest BCUT2D eigenvalue weighted by atomic mass is 32.2. The summed E-state index contributed by atoms with van der Waals surface area (Å²) < 4.78 is 4.75. The van der Waals surface area contributed by atoms with Gasteiger partial charge in [-0.25, -0.2) is 4.79 Å². The van der Waals surface area contributed by atoms with Crippen LogP contribution in [0.2, 0.25) is 0 Å². The van der Waals surface area contributed by atoms with Crippen LogP contribution in [0.4, 0.5) is 10.5 Å². The van der Waals surface area contributed by atoms with Crippen LogP contribution in [0.25, 0.3) is 0 Å². The van der Waals surface area contributed by atoms with E-state index >= 15 is 0 Å². The zero-order valence-corrected chi connectivity index (χ0v) is 24.6. The summed E-state index contributed by atoms with van der Waals surface area (Å²) in [5, 5.41) is 8.85. The first-order valence-corrected chi connectivity index (χ1v) is 14.6. The maximum Gasteiger partial charge on any atom is 0.408 e. The van der Waals surface area contributed by atoms with E-state index < -0.39 is 34.4 Å². The predicted molar refractivity (Wildman–Crippen MR) is 158 cm³/mol. The maximum absolute atomic E-state index is 13.7. The second-order valence-corrected chi connectivity index (χ2v) is 13.0. The summed E-state index contributed by atoms with van der Waals surface area (Å²) >= 11 is 1.44. The number of carbonyl (C=O) groups is 3. The van der Waals surface area contributed by atoms with Crippen LogP contribution in [0.15, 0.2) is 48.5 Å². The van der Waals surface area contributed by atoms with Crippen molar-refractivity contribution in [2.24, 2.45) is 0 Å². The lowest BCUT2D eigenvalue weighted by molar-refractivity contribution is -0.130. The SMILES string of the molecule is CSC(C)(C)[C@H](NC(=O)OC(C)(C)C)C(=O)NC(Cc1ccc(N)cc1)C(=O)NC1CCCc2ccccc21. The number of hydrogen-bond donors (Lipinski definition) is 4. The average molecular weight is 555 g/mol. The first-order chi connectivity index (χ1) is 18.3. The van der Waals surface area contributed by atoms with Gasteiger partial charge in [0, 0.05) is 16.9 Å². The van der Waals surface area contributed by atoms with E-state index in [1.54, 1.807) is 32.9 Å². The standard InChI is InChI=1S/C30H42N4O4S/c1-29(2,3)38-28(37)34-25(30(4,5)39-6)27(36)33-24(18-19-14-16-21(31)17-15-19)26(35)32-23-13-9-11-20-10-7-8-12-22(20)23/h7-8,10,12,14-17,23-25H,9,11,13,18,31H2,1-6H3,(H,32,35)(H,33,36)(H,34,37)/t23?,24?,25-/m1/s1. The van der Waals surface area contributed by atoms with E-state index in [-0.39, 0.29) is 18.4 Å². The maximum atomic E-state index is 13.7. The minimum absolute atomic E-state index is 0.133. The summed E-state index contributed by atoms with van der Waals surface area (Å²) in [6, 6.07) is 13.4. The Morgan fingerprint density at radius 3 is 2.31 bits per heavy atom. The van der Waals surface area contributed by atoms with Crippen molar-refractivity contribution in [3.63, 3.8) is 0 Å². The number of fused-ring (bicyclic) bond motifs is 1. The third-order valence-electron chi connectivity index (χ3n) is 6.88. The van der Waals surface area contributed by atoms with Crippen molar-refractivity contribution in [1.29, 1.82) is 0 Å². The Morgan fingerprint density at radius 1 is 1.00 bits per heavy atom. The number of amides is 3. The number of anilines is 1. The van der Waals surface area contributed by atoms with Crippen LogP contribution in [-0.2, 0) is 27.2 Å². The van der Waals surface area contributed by atoms with Crippen LogP contribution in [0.5, 0.6) is 0 Å².